The van der Waals surface area contributed by atoms with Crippen molar-refractivity contribution in [2.75, 3.05) is 40.5 Å². The van der Waals surface area contributed by atoms with Gasteiger partial charge < -0.3 is 24.4 Å². The van der Waals surface area contributed by atoms with Crippen LogP contribution >= 0.6 is 0 Å². The van der Waals surface area contributed by atoms with E-state index in [0.717, 1.165) is 6.42 Å². The van der Waals surface area contributed by atoms with Crippen LogP contribution in [0.25, 0.3) is 5.69 Å². The fourth-order valence-corrected chi connectivity index (χ4v) is 5.99. The SMILES string of the molecule is COCCCCc1c(C(=O)N(CC(C)C)[C@H]2C[C@@H](COC)CN(C(=O)O)C2C(C)(C)C)nnn1-c1ccccc1F. The van der Waals surface area contributed by atoms with Crippen molar-refractivity contribution in [2.24, 2.45) is 17.3 Å². The highest BCUT2D eigenvalue weighted by atomic mass is 19.1. The molecule has 11 heteroatoms. The molecule has 0 spiro atoms. The predicted molar refractivity (Wildman–Crippen MR) is 154 cm³/mol. The number of rotatable bonds is 12. The van der Waals surface area contributed by atoms with E-state index in [1.54, 1.807) is 37.3 Å². The Hall–Kier alpha value is -3.05. The molecule has 3 atom stereocenters. The summed E-state index contributed by atoms with van der Waals surface area (Å²) in [6, 6.07) is 5.40. The van der Waals surface area contributed by atoms with Gasteiger partial charge in [-0.25, -0.2) is 13.9 Å². The Bertz CT molecular complexity index is 1160. The average molecular weight is 576 g/mol. The number of halogens is 1. The van der Waals surface area contributed by atoms with Gasteiger partial charge >= 0.3 is 6.09 Å². The number of unbranched alkanes of at least 4 members (excludes halogenated alkanes) is 1. The third kappa shape index (κ3) is 7.82. The summed E-state index contributed by atoms with van der Waals surface area (Å²) in [7, 11) is 3.24. The summed E-state index contributed by atoms with van der Waals surface area (Å²) in [5.41, 5.74) is 0.453. The van der Waals surface area contributed by atoms with Crippen molar-refractivity contribution >= 4 is 12.0 Å². The lowest BCUT2D eigenvalue weighted by Crippen LogP contribution is -2.65. The number of hydrogen-bond donors (Lipinski definition) is 1. The average Bonchev–Trinajstić information content (AvgIpc) is 3.32. The van der Waals surface area contributed by atoms with E-state index in [9.17, 15) is 19.1 Å². The maximum absolute atomic E-state index is 14.9. The minimum absolute atomic E-state index is 0.0789. The Labute approximate surface area is 242 Å². The van der Waals surface area contributed by atoms with Gasteiger partial charge in [0.25, 0.3) is 5.91 Å². The molecule has 1 aliphatic rings. The quantitative estimate of drug-likeness (QED) is 0.358. The number of hydrogen-bond acceptors (Lipinski definition) is 6. The summed E-state index contributed by atoms with van der Waals surface area (Å²) < 4.78 is 26.9. The third-order valence-corrected chi connectivity index (χ3v) is 7.55. The molecule has 0 aliphatic carbocycles. The van der Waals surface area contributed by atoms with Gasteiger partial charge in [0.15, 0.2) is 5.69 Å². The molecule has 1 N–H and O–H groups in total. The highest BCUT2D eigenvalue weighted by Crippen LogP contribution is 2.38. The fourth-order valence-electron chi connectivity index (χ4n) is 5.99. The summed E-state index contributed by atoms with van der Waals surface area (Å²) in [5, 5.41) is 18.8. The second-order valence-electron chi connectivity index (χ2n) is 12.4. The van der Waals surface area contributed by atoms with Gasteiger partial charge in [0.1, 0.15) is 11.5 Å². The van der Waals surface area contributed by atoms with E-state index in [-0.39, 0.29) is 29.1 Å². The first kappa shape index (κ1) is 32.5. The zero-order valence-electron chi connectivity index (χ0n) is 25.5. The van der Waals surface area contributed by atoms with Crippen LogP contribution in [-0.4, -0.2) is 94.5 Å². The van der Waals surface area contributed by atoms with Crippen molar-refractivity contribution in [1.29, 1.82) is 0 Å². The highest BCUT2D eigenvalue weighted by Gasteiger charge is 2.48. The number of carboxylic acid groups (broad SMARTS) is 1. The van der Waals surface area contributed by atoms with Gasteiger partial charge in [0, 0.05) is 39.8 Å². The Kier molecular flexibility index (Phi) is 11.3. The van der Waals surface area contributed by atoms with Gasteiger partial charge in [0.2, 0.25) is 0 Å². The van der Waals surface area contributed by atoms with Gasteiger partial charge in [-0.15, -0.1) is 5.10 Å². The van der Waals surface area contributed by atoms with Crippen LogP contribution in [0, 0.1) is 23.1 Å². The minimum atomic E-state index is -1.02. The van der Waals surface area contributed by atoms with Crippen LogP contribution in [0.15, 0.2) is 24.3 Å². The fraction of sp³-hybridized carbons (Fsp3) is 0.667. The molecule has 1 aromatic heterocycles. The smallest absolute Gasteiger partial charge is 0.407 e. The minimum Gasteiger partial charge on any atom is -0.465 e. The van der Waals surface area contributed by atoms with E-state index < -0.39 is 29.4 Å². The van der Waals surface area contributed by atoms with Crippen LogP contribution in [0.3, 0.4) is 0 Å². The molecule has 3 rings (SSSR count). The molecular formula is C30H46FN5O5. The lowest BCUT2D eigenvalue weighted by molar-refractivity contribution is -0.0355. The highest BCUT2D eigenvalue weighted by molar-refractivity contribution is 5.94. The number of benzene rings is 1. The van der Waals surface area contributed by atoms with Gasteiger partial charge in [-0.3, -0.25) is 4.79 Å². The summed E-state index contributed by atoms with van der Waals surface area (Å²) in [6.45, 7) is 11.7. The molecule has 2 aromatic rings. The molecule has 10 nitrogen and oxygen atoms in total. The number of piperidine rings is 1. The van der Waals surface area contributed by atoms with Gasteiger partial charge in [0.05, 0.1) is 24.4 Å². The van der Waals surface area contributed by atoms with Gasteiger partial charge in [-0.1, -0.05) is 52.0 Å². The maximum atomic E-state index is 14.9. The second-order valence-corrected chi connectivity index (χ2v) is 12.4. The molecular weight excluding hydrogens is 529 g/mol. The number of carbonyl (C=O) groups excluding carboxylic acids is 1. The van der Waals surface area contributed by atoms with Crippen molar-refractivity contribution in [3.05, 3.63) is 41.5 Å². The van der Waals surface area contributed by atoms with Crippen molar-refractivity contribution in [2.45, 2.75) is 72.4 Å². The maximum Gasteiger partial charge on any atom is 0.407 e. The summed E-state index contributed by atoms with van der Waals surface area (Å²) in [5.74, 6) is -0.768. The van der Waals surface area contributed by atoms with Crippen molar-refractivity contribution < 1.29 is 28.6 Å². The van der Waals surface area contributed by atoms with Crippen LogP contribution in [0.2, 0.25) is 0 Å². The van der Waals surface area contributed by atoms with E-state index in [2.05, 4.69) is 10.3 Å². The number of amides is 2. The Balaban J connectivity index is 2.13. The third-order valence-electron chi connectivity index (χ3n) is 7.55. The lowest BCUT2D eigenvalue weighted by Gasteiger charge is -2.52. The van der Waals surface area contributed by atoms with Crippen LogP contribution < -0.4 is 0 Å². The zero-order chi connectivity index (χ0) is 30.3. The first-order chi connectivity index (χ1) is 19.4. The summed E-state index contributed by atoms with van der Waals surface area (Å²) in [6.07, 6.45) is 1.46. The van der Waals surface area contributed by atoms with Gasteiger partial charge in [-0.05, 0) is 49.1 Å². The van der Waals surface area contributed by atoms with Crippen molar-refractivity contribution in [3.63, 3.8) is 0 Å². The normalized spacial score (nSPS) is 19.5. The number of aromatic nitrogens is 3. The standard InChI is InChI=1S/C30H46FN5O5/c1-20(2)17-34(25-16-21(19-41-7)18-35(29(38)39)27(25)30(3,4)5)28(37)26-24(14-10-11-15-40-6)36(33-32-26)23-13-9-8-12-22(23)31/h8-9,12-13,20-21,25,27H,10-11,14-19H2,1-7H3,(H,38,39)/t21-,25+,27?/m1/s1. The molecule has 0 radical (unpaired) electrons. The molecule has 1 fully saturated rings. The Morgan fingerprint density at radius 3 is 2.46 bits per heavy atom. The van der Waals surface area contributed by atoms with Crippen LogP contribution in [-0.2, 0) is 15.9 Å². The molecule has 41 heavy (non-hydrogen) atoms. The van der Waals surface area contributed by atoms with Crippen molar-refractivity contribution in [1.82, 2.24) is 24.8 Å². The molecule has 2 amide bonds. The zero-order valence-corrected chi connectivity index (χ0v) is 25.5. The molecule has 0 saturated carbocycles. The summed E-state index contributed by atoms with van der Waals surface area (Å²) in [4.78, 5) is 30.3. The van der Waals surface area contributed by atoms with Crippen LogP contribution in [0.5, 0.6) is 0 Å². The van der Waals surface area contributed by atoms with E-state index >= 15 is 0 Å². The van der Waals surface area contributed by atoms with Crippen LogP contribution in [0.1, 0.15) is 70.1 Å². The van der Waals surface area contributed by atoms with E-state index in [4.69, 9.17) is 9.47 Å². The first-order valence-electron chi connectivity index (χ1n) is 14.4. The number of nitrogens with zero attached hydrogens (tertiary/aromatic N) is 5. The Morgan fingerprint density at radius 2 is 1.88 bits per heavy atom. The van der Waals surface area contributed by atoms with Crippen molar-refractivity contribution in [3.8, 4) is 5.69 Å². The number of likely N-dealkylation sites (tertiary alicyclic amines) is 1. The van der Waals surface area contributed by atoms with E-state index in [1.807, 2.05) is 34.6 Å². The molecule has 1 unspecified atom stereocenters. The van der Waals surface area contributed by atoms with Gasteiger partial charge in [-0.2, -0.15) is 0 Å². The summed E-state index contributed by atoms with van der Waals surface area (Å²) >= 11 is 0. The van der Waals surface area contributed by atoms with Crippen LogP contribution in [0.4, 0.5) is 9.18 Å². The van der Waals surface area contributed by atoms with E-state index in [0.29, 0.717) is 51.3 Å². The molecule has 2 heterocycles. The molecule has 1 aromatic carbocycles. The predicted octanol–water partition coefficient (Wildman–Crippen LogP) is 4.90. The number of methoxy groups -OCH3 is 2. The van der Waals surface area contributed by atoms with E-state index in [1.165, 1.54) is 15.6 Å². The molecule has 0 bridgehead atoms. The number of ether oxygens (including phenoxy) is 2. The largest absolute Gasteiger partial charge is 0.465 e. The number of carbonyl (C=O) groups is 2. The molecule has 1 aliphatic heterocycles. The number of para-hydroxylation sites is 1. The molecule has 228 valence electrons. The Morgan fingerprint density at radius 1 is 1.17 bits per heavy atom. The monoisotopic (exact) mass is 575 g/mol. The second kappa shape index (κ2) is 14.2. The topological polar surface area (TPSA) is 110 Å². The first-order valence-corrected chi connectivity index (χ1v) is 14.4. The lowest BCUT2D eigenvalue weighted by atomic mass is 9.74. The molecule has 1 saturated heterocycles.